The molecule has 16 N–H and O–H groups in total. The highest BCUT2D eigenvalue weighted by Crippen LogP contribution is 2.21. The Labute approximate surface area is 392 Å². The van der Waals surface area contributed by atoms with Gasteiger partial charge < -0.3 is 69.7 Å². The topological polar surface area (TPSA) is 349 Å². The van der Waals surface area contributed by atoms with Crippen LogP contribution in [0.15, 0.2) is 48.0 Å². The number of rotatable bonds is 34. The first-order valence-corrected chi connectivity index (χ1v) is 23.5. The first-order valence-electron chi connectivity index (χ1n) is 22.9. The number of amides is 6. The quantitative estimate of drug-likeness (QED) is 0.0154. The fourth-order valence-corrected chi connectivity index (χ4v) is 8.04. The molecule has 0 spiro atoms. The molecular formula is C44H73N15O6S. The summed E-state index contributed by atoms with van der Waals surface area (Å²) < 4.78 is 0. The number of hydrogen-bond acceptors (Lipinski definition) is 12. The van der Waals surface area contributed by atoms with Crippen molar-refractivity contribution in [3.05, 3.63) is 54.2 Å². The predicted molar refractivity (Wildman–Crippen MR) is 258 cm³/mol. The highest BCUT2D eigenvalue weighted by Gasteiger charge is 2.33. The summed E-state index contributed by atoms with van der Waals surface area (Å²) in [5.41, 5.74) is 36.7. The number of aliphatic imine (C=N–C) groups is 1. The van der Waals surface area contributed by atoms with Gasteiger partial charge in [-0.3, -0.25) is 33.8 Å². The van der Waals surface area contributed by atoms with Crippen LogP contribution in [0.3, 0.4) is 0 Å². The minimum Gasteiger partial charge on any atom is -0.370 e. The van der Waals surface area contributed by atoms with Gasteiger partial charge in [-0.1, -0.05) is 24.6 Å². The lowest BCUT2D eigenvalue weighted by atomic mass is 10.0. The molecule has 6 amide bonds. The molecule has 21 nitrogen and oxygen atoms in total. The molecule has 0 aliphatic carbocycles. The Kier molecular flexibility index (Phi) is 25.2. The molecule has 2 aromatic heterocycles. The molecular weight excluding hydrogens is 867 g/mol. The molecule has 3 unspecified atom stereocenters. The van der Waals surface area contributed by atoms with Crippen LogP contribution in [0.1, 0.15) is 81.9 Å². The van der Waals surface area contributed by atoms with E-state index >= 15 is 0 Å². The maximum atomic E-state index is 14.4. The van der Waals surface area contributed by atoms with Crippen molar-refractivity contribution in [1.82, 2.24) is 40.3 Å². The molecule has 0 fully saturated rings. The largest absolute Gasteiger partial charge is 0.370 e. The van der Waals surface area contributed by atoms with Crippen LogP contribution in [0.4, 0.5) is 0 Å². The number of carbonyl (C=O) groups is 6. The van der Waals surface area contributed by atoms with Crippen LogP contribution in [0, 0.1) is 0 Å². The number of imidazole rings is 1. The number of primary amides is 1. The van der Waals surface area contributed by atoms with Gasteiger partial charge in [-0.05, 0) is 81.8 Å². The van der Waals surface area contributed by atoms with Crippen molar-refractivity contribution in [3.8, 4) is 0 Å². The number of unbranched alkanes of at least 4 members (excludes halogenated alkanes) is 3. The lowest BCUT2D eigenvalue weighted by Crippen LogP contribution is -2.56. The van der Waals surface area contributed by atoms with Gasteiger partial charge in [-0.25, -0.2) is 4.98 Å². The summed E-state index contributed by atoms with van der Waals surface area (Å²) in [5.74, 6) is -2.43. The molecule has 2 heterocycles. The van der Waals surface area contributed by atoms with Gasteiger partial charge in [0, 0.05) is 100 Å². The van der Waals surface area contributed by atoms with E-state index in [1.54, 1.807) is 6.20 Å². The fourth-order valence-electron chi connectivity index (χ4n) is 7.84. The van der Waals surface area contributed by atoms with Crippen molar-refractivity contribution in [3.63, 3.8) is 0 Å². The SMILES string of the molecule is NCCCCCC(=O)N(CCNC(=O)C(CCCN=C(N)N)N(CCN)C(=O)CCS)C(Cc1cnc[nH]1)C(=O)NCCN(C(=O)CCc1c[nH]c2ccccc12)C(CCCCN)C(N)=O. The van der Waals surface area contributed by atoms with Crippen LogP contribution < -0.4 is 45.0 Å². The third-order valence-corrected chi connectivity index (χ3v) is 11.5. The zero-order valence-electron chi connectivity index (χ0n) is 38.1. The van der Waals surface area contributed by atoms with E-state index in [1.165, 1.54) is 21.0 Å². The third-order valence-electron chi connectivity index (χ3n) is 11.2. The molecule has 3 aromatic rings. The van der Waals surface area contributed by atoms with Gasteiger partial charge in [0.1, 0.15) is 18.1 Å². The van der Waals surface area contributed by atoms with Crippen molar-refractivity contribution in [2.45, 2.75) is 102 Å². The lowest BCUT2D eigenvalue weighted by Gasteiger charge is -2.33. The number of H-pyrrole nitrogens is 2. The number of fused-ring (bicyclic) bond motifs is 1. The van der Waals surface area contributed by atoms with Crippen molar-refractivity contribution < 1.29 is 28.8 Å². The third kappa shape index (κ3) is 18.3. The Morgan fingerprint density at radius 2 is 1.32 bits per heavy atom. The van der Waals surface area contributed by atoms with Gasteiger partial charge in [0.2, 0.25) is 35.4 Å². The van der Waals surface area contributed by atoms with E-state index in [9.17, 15) is 28.8 Å². The van der Waals surface area contributed by atoms with E-state index < -0.39 is 35.8 Å². The average molecular weight is 940 g/mol. The lowest BCUT2D eigenvalue weighted by molar-refractivity contribution is -0.142. The maximum Gasteiger partial charge on any atom is 0.243 e. The van der Waals surface area contributed by atoms with Crippen molar-refractivity contribution in [2.24, 2.45) is 39.4 Å². The number of nitrogens with zero attached hydrogens (tertiary/aromatic N) is 5. The second-order valence-electron chi connectivity index (χ2n) is 16.0. The molecule has 0 radical (unpaired) electrons. The van der Waals surface area contributed by atoms with Crippen molar-refractivity contribution in [1.29, 1.82) is 0 Å². The second kappa shape index (κ2) is 30.5. The van der Waals surface area contributed by atoms with Crippen LogP contribution in [0.2, 0.25) is 0 Å². The first kappa shape index (κ1) is 54.6. The van der Waals surface area contributed by atoms with Gasteiger partial charge in [-0.2, -0.15) is 12.6 Å². The molecule has 0 saturated carbocycles. The van der Waals surface area contributed by atoms with Crippen LogP contribution in [-0.2, 0) is 41.6 Å². The van der Waals surface area contributed by atoms with Gasteiger partial charge >= 0.3 is 0 Å². The van der Waals surface area contributed by atoms with Crippen molar-refractivity contribution >= 4 is 64.9 Å². The number of hydrogen-bond donors (Lipinski definition) is 11. The van der Waals surface area contributed by atoms with E-state index in [0.29, 0.717) is 70.2 Å². The number of guanidine groups is 1. The van der Waals surface area contributed by atoms with Crippen molar-refractivity contribution in [2.75, 3.05) is 64.7 Å². The molecule has 0 aliphatic heterocycles. The van der Waals surface area contributed by atoms with E-state index in [4.69, 9.17) is 34.4 Å². The Morgan fingerprint density at radius 3 is 1.95 bits per heavy atom. The Hall–Kier alpha value is -5.71. The number of benzene rings is 1. The van der Waals surface area contributed by atoms with Crippen LogP contribution >= 0.6 is 12.6 Å². The van der Waals surface area contributed by atoms with E-state index in [2.05, 4.69) is 43.2 Å². The fraction of sp³-hybridized carbons (Fsp3) is 0.591. The number of thiol groups is 1. The summed E-state index contributed by atoms with van der Waals surface area (Å²) in [6.07, 6.45) is 9.63. The van der Waals surface area contributed by atoms with Crippen LogP contribution in [0.25, 0.3) is 10.9 Å². The Morgan fingerprint density at radius 1 is 0.697 bits per heavy atom. The highest BCUT2D eigenvalue weighted by molar-refractivity contribution is 7.80. The minimum absolute atomic E-state index is 0.0373. The zero-order valence-corrected chi connectivity index (χ0v) is 39.0. The van der Waals surface area contributed by atoms with Gasteiger partial charge in [0.25, 0.3) is 0 Å². The molecule has 0 aliphatic rings. The summed E-state index contributed by atoms with van der Waals surface area (Å²) in [7, 11) is 0. The number of nitrogens with two attached hydrogens (primary N) is 6. The maximum absolute atomic E-state index is 14.4. The highest BCUT2D eigenvalue weighted by atomic mass is 32.1. The summed E-state index contributed by atoms with van der Waals surface area (Å²) in [6.45, 7) is 1.10. The standard InChI is InChI=1S/C44H73N15O6S/c45-17-6-1-2-13-38(60)59(25-22-52-42(64)36(12-8-20-54-44(49)50)57(23-19-47)40(62)16-26-66)37(27-32-29-51-30-56-32)43(65)53-21-24-58(35(41(48)63)11-5-7-18-46)39(61)15-14-31-28-55-34-10-4-3-9-33(31)34/h3-4,9-10,28-30,35-37,55,66H,1-2,5-8,11-27,45-47H2,(H2,48,63)(H,51,56)(H,52,64)(H,53,65)(H4,49,50,54). The van der Waals surface area contributed by atoms with Gasteiger partial charge in [0.15, 0.2) is 5.96 Å². The molecule has 0 saturated heterocycles. The molecule has 22 heteroatoms. The number of aromatic amines is 2. The van der Waals surface area contributed by atoms with E-state index in [0.717, 1.165) is 16.5 Å². The number of carbonyl (C=O) groups excluding carboxylic acids is 6. The summed E-state index contributed by atoms with van der Waals surface area (Å²) in [6, 6.07) is 4.81. The summed E-state index contributed by atoms with van der Waals surface area (Å²) >= 11 is 4.21. The number of aryl methyl sites for hydroxylation is 1. The average Bonchev–Trinajstić information content (AvgIpc) is 3.98. The summed E-state index contributed by atoms with van der Waals surface area (Å²) in [5, 5.41) is 6.81. The van der Waals surface area contributed by atoms with E-state index in [-0.39, 0.29) is 107 Å². The smallest absolute Gasteiger partial charge is 0.243 e. The molecule has 366 valence electrons. The van der Waals surface area contributed by atoms with E-state index in [1.807, 2.05) is 30.5 Å². The van der Waals surface area contributed by atoms with Gasteiger partial charge in [0.05, 0.1) is 6.33 Å². The Bertz CT molecular complexity index is 1980. The monoisotopic (exact) mass is 940 g/mol. The zero-order chi connectivity index (χ0) is 48.3. The van der Waals surface area contributed by atoms with Crippen LogP contribution in [0.5, 0.6) is 0 Å². The van der Waals surface area contributed by atoms with Crippen LogP contribution in [-0.4, -0.2) is 154 Å². The second-order valence-corrected chi connectivity index (χ2v) is 16.5. The molecule has 3 rings (SSSR count). The number of para-hydroxylation sites is 1. The summed E-state index contributed by atoms with van der Waals surface area (Å²) in [4.78, 5) is 101. The normalized spacial score (nSPS) is 12.5. The molecule has 3 atom stereocenters. The molecule has 0 bridgehead atoms. The number of nitrogens with one attached hydrogen (secondary N) is 4. The molecule has 1 aromatic carbocycles. The number of aromatic nitrogens is 3. The first-order chi connectivity index (χ1) is 31.9. The van der Waals surface area contributed by atoms with Gasteiger partial charge in [-0.15, -0.1) is 0 Å². The molecule has 66 heavy (non-hydrogen) atoms. The Balaban J connectivity index is 1.88. The predicted octanol–water partition coefficient (Wildman–Crippen LogP) is -0.644. The minimum atomic E-state index is -1.09.